The topological polar surface area (TPSA) is 107 Å². The summed E-state index contributed by atoms with van der Waals surface area (Å²) in [5.41, 5.74) is 9.78. The number of carbonyl (C=O) groups is 2. The van der Waals surface area contributed by atoms with Crippen molar-refractivity contribution < 1.29 is 23.8 Å². The first kappa shape index (κ1) is 23.4. The zero-order valence-corrected chi connectivity index (χ0v) is 20.2. The SMILES string of the molecule is COC(=O)CCc1ccc(OC2CC2)c(-c2ccc(N3CCC3)nc2CN2C(=O)OC(C)C2N)c1. The van der Waals surface area contributed by atoms with Gasteiger partial charge in [-0.1, -0.05) is 6.07 Å². The molecule has 1 aromatic carbocycles. The molecule has 1 saturated carbocycles. The molecule has 0 radical (unpaired) electrons. The van der Waals surface area contributed by atoms with Gasteiger partial charge in [0.15, 0.2) is 0 Å². The summed E-state index contributed by atoms with van der Waals surface area (Å²) >= 11 is 0. The lowest BCUT2D eigenvalue weighted by Gasteiger charge is -2.33. The second-order valence-electron chi connectivity index (χ2n) is 9.44. The van der Waals surface area contributed by atoms with Gasteiger partial charge in [-0.3, -0.25) is 9.69 Å². The molecular formula is C26H32N4O5. The highest BCUT2D eigenvalue weighted by atomic mass is 16.6. The predicted octanol–water partition coefficient (Wildman–Crippen LogP) is 3.23. The molecule has 3 heterocycles. The molecule has 9 heteroatoms. The van der Waals surface area contributed by atoms with Crippen molar-refractivity contribution in [2.45, 2.75) is 63.9 Å². The monoisotopic (exact) mass is 480 g/mol. The van der Waals surface area contributed by atoms with Gasteiger partial charge in [0.2, 0.25) is 0 Å². The van der Waals surface area contributed by atoms with E-state index in [2.05, 4.69) is 11.0 Å². The van der Waals surface area contributed by atoms with Crippen molar-refractivity contribution in [3.05, 3.63) is 41.6 Å². The molecule has 2 aromatic rings. The van der Waals surface area contributed by atoms with Gasteiger partial charge in [-0.15, -0.1) is 0 Å². The molecule has 2 atom stereocenters. The summed E-state index contributed by atoms with van der Waals surface area (Å²) in [4.78, 5) is 32.9. The molecule has 2 aliphatic heterocycles. The van der Waals surface area contributed by atoms with Crippen LogP contribution in [0, 0.1) is 0 Å². The first-order chi connectivity index (χ1) is 16.9. The summed E-state index contributed by atoms with van der Waals surface area (Å²) in [6.45, 7) is 3.96. The number of anilines is 1. The van der Waals surface area contributed by atoms with Crippen LogP contribution >= 0.6 is 0 Å². The van der Waals surface area contributed by atoms with Crippen LogP contribution in [0.25, 0.3) is 11.1 Å². The first-order valence-electron chi connectivity index (χ1n) is 12.3. The van der Waals surface area contributed by atoms with Crippen molar-refractivity contribution in [2.24, 2.45) is 5.73 Å². The molecule has 186 valence electrons. The van der Waals surface area contributed by atoms with Gasteiger partial charge in [-0.05, 0) is 62.4 Å². The van der Waals surface area contributed by atoms with Crippen LogP contribution < -0.4 is 15.4 Å². The molecule has 1 amide bonds. The molecule has 1 aromatic heterocycles. The number of nitrogens with two attached hydrogens (primary N) is 1. The van der Waals surface area contributed by atoms with E-state index in [-0.39, 0.29) is 24.7 Å². The molecule has 5 rings (SSSR count). The third kappa shape index (κ3) is 5.05. The van der Waals surface area contributed by atoms with Crippen LogP contribution in [0.15, 0.2) is 30.3 Å². The number of cyclic esters (lactones) is 1. The van der Waals surface area contributed by atoms with Crippen molar-refractivity contribution in [1.82, 2.24) is 9.88 Å². The predicted molar refractivity (Wildman–Crippen MR) is 130 cm³/mol. The smallest absolute Gasteiger partial charge is 0.411 e. The Morgan fingerprint density at radius 1 is 1.20 bits per heavy atom. The Bertz CT molecular complexity index is 1110. The highest BCUT2D eigenvalue weighted by Gasteiger charge is 2.37. The van der Waals surface area contributed by atoms with Crippen LogP contribution in [-0.2, 0) is 27.2 Å². The fourth-order valence-electron chi connectivity index (χ4n) is 4.34. The lowest BCUT2D eigenvalue weighted by Crippen LogP contribution is -2.43. The van der Waals surface area contributed by atoms with E-state index in [1.54, 1.807) is 6.92 Å². The van der Waals surface area contributed by atoms with Crippen molar-refractivity contribution in [3.63, 3.8) is 0 Å². The Hall–Kier alpha value is -3.33. The Kier molecular flexibility index (Phi) is 6.51. The Labute approximate surface area is 205 Å². The molecule has 1 aliphatic carbocycles. The third-order valence-corrected chi connectivity index (χ3v) is 6.82. The normalized spacial score (nSPS) is 21.5. The maximum atomic E-state index is 12.5. The number of ether oxygens (including phenoxy) is 3. The van der Waals surface area contributed by atoms with Crippen LogP contribution in [0.5, 0.6) is 5.75 Å². The lowest BCUT2D eigenvalue weighted by molar-refractivity contribution is -0.140. The number of amides is 1. The van der Waals surface area contributed by atoms with Crippen molar-refractivity contribution in [3.8, 4) is 16.9 Å². The molecule has 0 spiro atoms. The maximum absolute atomic E-state index is 12.5. The maximum Gasteiger partial charge on any atom is 0.411 e. The molecule has 3 aliphatic rings. The number of carbonyl (C=O) groups excluding carboxylic acids is 2. The summed E-state index contributed by atoms with van der Waals surface area (Å²) in [5.74, 6) is 1.41. The number of nitrogens with zero attached hydrogens (tertiary/aromatic N) is 3. The zero-order chi connectivity index (χ0) is 24.5. The molecule has 3 fully saturated rings. The van der Waals surface area contributed by atoms with E-state index in [1.165, 1.54) is 12.0 Å². The number of pyridine rings is 1. The van der Waals surface area contributed by atoms with E-state index in [0.717, 1.165) is 66.3 Å². The molecule has 9 nitrogen and oxygen atoms in total. The second-order valence-corrected chi connectivity index (χ2v) is 9.44. The fourth-order valence-corrected chi connectivity index (χ4v) is 4.34. The van der Waals surface area contributed by atoms with Crippen molar-refractivity contribution in [1.29, 1.82) is 0 Å². The van der Waals surface area contributed by atoms with E-state index in [4.69, 9.17) is 24.9 Å². The Balaban J connectivity index is 1.53. The van der Waals surface area contributed by atoms with Gasteiger partial charge in [0.05, 0.1) is 25.5 Å². The minimum Gasteiger partial charge on any atom is -0.490 e. The number of aromatic nitrogens is 1. The molecule has 35 heavy (non-hydrogen) atoms. The largest absolute Gasteiger partial charge is 0.490 e. The molecule has 0 bridgehead atoms. The average molecular weight is 481 g/mol. The molecule has 2 unspecified atom stereocenters. The third-order valence-electron chi connectivity index (χ3n) is 6.82. The quantitative estimate of drug-likeness (QED) is 0.545. The highest BCUT2D eigenvalue weighted by Crippen LogP contribution is 2.38. The van der Waals surface area contributed by atoms with E-state index >= 15 is 0 Å². The van der Waals surface area contributed by atoms with E-state index < -0.39 is 12.3 Å². The average Bonchev–Trinajstić information content (AvgIpc) is 3.60. The lowest BCUT2D eigenvalue weighted by atomic mass is 9.98. The van der Waals surface area contributed by atoms with E-state index in [9.17, 15) is 9.59 Å². The Morgan fingerprint density at radius 3 is 2.63 bits per heavy atom. The number of hydrogen-bond acceptors (Lipinski definition) is 8. The number of rotatable bonds is 9. The summed E-state index contributed by atoms with van der Waals surface area (Å²) in [7, 11) is 1.40. The van der Waals surface area contributed by atoms with Gasteiger partial charge >= 0.3 is 12.1 Å². The van der Waals surface area contributed by atoms with E-state index in [0.29, 0.717) is 12.8 Å². The standard InChI is InChI=1S/C26H32N4O5/c1-16-25(27)30(26(32)34-16)15-21-19(8-10-23(28-21)29-12-3-13-29)20-14-17(5-11-24(31)33-2)4-9-22(20)35-18-6-7-18/h4,8-10,14,16,18,25H,3,5-7,11-13,15,27H2,1-2H3. The van der Waals surface area contributed by atoms with Gasteiger partial charge < -0.3 is 24.8 Å². The highest BCUT2D eigenvalue weighted by molar-refractivity contribution is 5.76. The number of esters is 1. The van der Waals surface area contributed by atoms with Gasteiger partial charge in [0, 0.05) is 30.6 Å². The van der Waals surface area contributed by atoms with Gasteiger partial charge in [-0.25, -0.2) is 9.78 Å². The van der Waals surface area contributed by atoms with Crippen LogP contribution in [0.3, 0.4) is 0 Å². The molecule has 2 saturated heterocycles. The number of benzene rings is 1. The number of methoxy groups -OCH3 is 1. The second kappa shape index (κ2) is 9.73. The van der Waals surface area contributed by atoms with Crippen LogP contribution in [-0.4, -0.2) is 60.5 Å². The fraction of sp³-hybridized carbons (Fsp3) is 0.500. The zero-order valence-electron chi connectivity index (χ0n) is 20.2. The Morgan fingerprint density at radius 2 is 2.00 bits per heavy atom. The molecule has 2 N–H and O–H groups in total. The van der Waals surface area contributed by atoms with Crippen molar-refractivity contribution >= 4 is 17.9 Å². The summed E-state index contributed by atoms with van der Waals surface area (Å²) in [6, 6.07) is 10.1. The first-order valence-corrected chi connectivity index (χ1v) is 12.3. The van der Waals surface area contributed by atoms with Crippen LogP contribution in [0.4, 0.5) is 10.6 Å². The number of hydrogen-bond donors (Lipinski definition) is 1. The van der Waals surface area contributed by atoms with Gasteiger partial charge in [0.25, 0.3) is 0 Å². The van der Waals surface area contributed by atoms with Crippen LogP contribution in [0.1, 0.15) is 43.9 Å². The number of aryl methyl sites for hydroxylation is 1. The minimum absolute atomic E-state index is 0.217. The van der Waals surface area contributed by atoms with E-state index in [1.807, 2.05) is 24.3 Å². The summed E-state index contributed by atoms with van der Waals surface area (Å²) in [6.07, 6.45) is 2.91. The van der Waals surface area contributed by atoms with Gasteiger partial charge in [0.1, 0.15) is 23.8 Å². The van der Waals surface area contributed by atoms with Crippen molar-refractivity contribution in [2.75, 3.05) is 25.1 Å². The van der Waals surface area contributed by atoms with Crippen LogP contribution in [0.2, 0.25) is 0 Å². The summed E-state index contributed by atoms with van der Waals surface area (Å²) in [5, 5.41) is 0. The van der Waals surface area contributed by atoms with Gasteiger partial charge in [-0.2, -0.15) is 0 Å². The minimum atomic E-state index is -0.543. The molecular weight excluding hydrogens is 448 g/mol. The summed E-state index contributed by atoms with van der Waals surface area (Å²) < 4.78 is 16.4.